The SMILES string of the molecule is NC1(c2nc(CF)co2)CC1. The first-order valence-electron chi connectivity index (χ1n) is 3.54. The second-order valence-corrected chi connectivity index (χ2v) is 2.93. The molecule has 0 aromatic carbocycles. The van der Waals surface area contributed by atoms with Crippen LogP contribution in [0.1, 0.15) is 24.4 Å². The van der Waals surface area contributed by atoms with Crippen LogP contribution in [0.4, 0.5) is 4.39 Å². The average Bonchev–Trinajstić information content (AvgIpc) is 2.61. The van der Waals surface area contributed by atoms with Gasteiger partial charge in [-0.2, -0.15) is 0 Å². The lowest BCUT2D eigenvalue weighted by Crippen LogP contribution is -2.18. The Morgan fingerprint density at radius 1 is 1.73 bits per heavy atom. The van der Waals surface area contributed by atoms with Gasteiger partial charge in [-0.3, -0.25) is 0 Å². The number of nitrogens with two attached hydrogens (primary N) is 1. The van der Waals surface area contributed by atoms with Gasteiger partial charge in [0.1, 0.15) is 18.6 Å². The van der Waals surface area contributed by atoms with E-state index < -0.39 is 6.67 Å². The number of rotatable bonds is 2. The molecule has 0 spiro atoms. The zero-order chi connectivity index (χ0) is 7.90. The van der Waals surface area contributed by atoms with E-state index in [1.165, 1.54) is 6.26 Å². The molecule has 1 saturated carbocycles. The van der Waals surface area contributed by atoms with Crippen LogP contribution < -0.4 is 5.73 Å². The summed E-state index contributed by atoms with van der Waals surface area (Å²) in [5, 5.41) is 0. The summed E-state index contributed by atoms with van der Waals surface area (Å²) < 4.78 is 17.0. The van der Waals surface area contributed by atoms with Crippen molar-refractivity contribution in [3.05, 3.63) is 17.8 Å². The molecule has 1 aromatic rings. The van der Waals surface area contributed by atoms with Crippen LogP contribution in [0.2, 0.25) is 0 Å². The summed E-state index contributed by atoms with van der Waals surface area (Å²) in [5.74, 6) is 0.477. The predicted octanol–water partition coefficient (Wildman–Crippen LogP) is 1.09. The van der Waals surface area contributed by atoms with Gasteiger partial charge in [0.05, 0.1) is 5.54 Å². The number of nitrogens with zero attached hydrogens (tertiary/aromatic N) is 1. The smallest absolute Gasteiger partial charge is 0.214 e. The van der Waals surface area contributed by atoms with Gasteiger partial charge in [-0.15, -0.1) is 0 Å². The quantitative estimate of drug-likeness (QED) is 0.697. The topological polar surface area (TPSA) is 52.0 Å². The van der Waals surface area contributed by atoms with Crippen molar-refractivity contribution in [1.29, 1.82) is 0 Å². The molecule has 1 heterocycles. The van der Waals surface area contributed by atoms with E-state index in [0.29, 0.717) is 11.6 Å². The van der Waals surface area contributed by atoms with Crippen LogP contribution in [0.15, 0.2) is 10.7 Å². The molecule has 0 bridgehead atoms. The van der Waals surface area contributed by atoms with Gasteiger partial charge in [-0.25, -0.2) is 9.37 Å². The monoisotopic (exact) mass is 156 g/mol. The summed E-state index contributed by atoms with van der Waals surface area (Å²) in [6.45, 7) is -0.584. The Bertz CT molecular complexity index is 267. The molecule has 2 N–H and O–H groups in total. The van der Waals surface area contributed by atoms with Crippen molar-refractivity contribution in [2.75, 3.05) is 0 Å². The van der Waals surface area contributed by atoms with Crippen molar-refractivity contribution in [3.8, 4) is 0 Å². The van der Waals surface area contributed by atoms with Gasteiger partial charge >= 0.3 is 0 Å². The highest BCUT2D eigenvalue weighted by Crippen LogP contribution is 2.41. The molecular formula is C7H9FN2O. The summed E-state index contributed by atoms with van der Waals surface area (Å²) in [4.78, 5) is 3.90. The van der Waals surface area contributed by atoms with Crippen molar-refractivity contribution in [3.63, 3.8) is 0 Å². The fourth-order valence-corrected chi connectivity index (χ4v) is 0.946. The highest BCUT2D eigenvalue weighted by Gasteiger charge is 2.44. The fourth-order valence-electron chi connectivity index (χ4n) is 0.946. The number of hydrogen-bond donors (Lipinski definition) is 1. The second kappa shape index (κ2) is 2.04. The van der Waals surface area contributed by atoms with Crippen molar-refractivity contribution in [2.45, 2.75) is 25.1 Å². The van der Waals surface area contributed by atoms with E-state index in [-0.39, 0.29) is 5.54 Å². The lowest BCUT2D eigenvalue weighted by molar-refractivity contribution is 0.439. The van der Waals surface area contributed by atoms with Crippen LogP contribution in [0.5, 0.6) is 0 Å². The molecule has 0 unspecified atom stereocenters. The van der Waals surface area contributed by atoms with Crippen LogP contribution in [0, 0.1) is 0 Å². The van der Waals surface area contributed by atoms with Gasteiger partial charge in [-0.1, -0.05) is 0 Å². The minimum Gasteiger partial charge on any atom is -0.447 e. The Balaban J connectivity index is 2.25. The van der Waals surface area contributed by atoms with Gasteiger partial charge < -0.3 is 10.2 Å². The first-order chi connectivity index (χ1) is 5.24. The number of alkyl halides is 1. The summed E-state index contributed by atoms with van der Waals surface area (Å²) >= 11 is 0. The largest absolute Gasteiger partial charge is 0.447 e. The molecule has 1 aliphatic carbocycles. The van der Waals surface area contributed by atoms with Gasteiger partial charge in [0.15, 0.2) is 0 Å². The molecule has 0 aliphatic heterocycles. The summed E-state index contributed by atoms with van der Waals surface area (Å²) in [6.07, 6.45) is 3.10. The molecule has 60 valence electrons. The standard InChI is InChI=1S/C7H9FN2O/c8-3-5-4-11-6(10-5)7(9)1-2-7/h4H,1-3,9H2. The van der Waals surface area contributed by atoms with Crippen LogP contribution in [0.3, 0.4) is 0 Å². The van der Waals surface area contributed by atoms with E-state index >= 15 is 0 Å². The predicted molar refractivity (Wildman–Crippen MR) is 36.4 cm³/mol. The number of oxazole rings is 1. The maximum atomic E-state index is 12.0. The first-order valence-corrected chi connectivity index (χ1v) is 3.54. The van der Waals surface area contributed by atoms with Gasteiger partial charge in [-0.05, 0) is 12.8 Å². The highest BCUT2D eigenvalue weighted by molar-refractivity contribution is 5.13. The zero-order valence-electron chi connectivity index (χ0n) is 6.01. The normalized spacial score (nSPS) is 20.2. The first kappa shape index (κ1) is 6.79. The third-order valence-corrected chi connectivity index (χ3v) is 1.90. The summed E-state index contributed by atoms with van der Waals surface area (Å²) in [7, 11) is 0. The maximum absolute atomic E-state index is 12.0. The number of hydrogen-bond acceptors (Lipinski definition) is 3. The Hall–Kier alpha value is -0.900. The van der Waals surface area contributed by atoms with Crippen molar-refractivity contribution >= 4 is 0 Å². The molecule has 0 radical (unpaired) electrons. The van der Waals surface area contributed by atoms with Crippen molar-refractivity contribution < 1.29 is 8.81 Å². The van der Waals surface area contributed by atoms with Crippen LogP contribution >= 0.6 is 0 Å². The lowest BCUT2D eigenvalue weighted by atomic mass is 10.3. The van der Waals surface area contributed by atoms with E-state index in [1.807, 2.05) is 0 Å². The number of halogens is 1. The molecule has 1 fully saturated rings. The van der Waals surface area contributed by atoms with E-state index in [4.69, 9.17) is 10.2 Å². The maximum Gasteiger partial charge on any atom is 0.214 e. The van der Waals surface area contributed by atoms with Crippen LogP contribution in [-0.2, 0) is 12.2 Å². The summed E-state index contributed by atoms with van der Waals surface area (Å²) in [6, 6.07) is 0. The lowest BCUT2D eigenvalue weighted by Gasteiger charge is -1.99. The molecule has 1 aromatic heterocycles. The molecule has 0 amide bonds. The van der Waals surface area contributed by atoms with E-state index in [1.54, 1.807) is 0 Å². The Labute approximate surface area is 63.4 Å². The summed E-state index contributed by atoms with van der Waals surface area (Å²) in [5.41, 5.74) is 5.71. The third-order valence-electron chi connectivity index (χ3n) is 1.90. The fraction of sp³-hybridized carbons (Fsp3) is 0.571. The molecule has 0 atom stereocenters. The third kappa shape index (κ3) is 1.03. The minimum absolute atomic E-state index is 0.330. The second-order valence-electron chi connectivity index (χ2n) is 2.93. The molecule has 4 heteroatoms. The van der Waals surface area contributed by atoms with Gasteiger partial charge in [0.2, 0.25) is 5.89 Å². The van der Waals surface area contributed by atoms with Crippen molar-refractivity contribution in [1.82, 2.24) is 4.98 Å². The van der Waals surface area contributed by atoms with Crippen LogP contribution in [-0.4, -0.2) is 4.98 Å². The molecule has 11 heavy (non-hydrogen) atoms. The molecule has 2 rings (SSSR count). The molecule has 0 saturated heterocycles. The Morgan fingerprint density at radius 3 is 2.91 bits per heavy atom. The van der Waals surface area contributed by atoms with E-state index in [2.05, 4.69) is 4.98 Å². The molecule has 1 aliphatic rings. The average molecular weight is 156 g/mol. The van der Waals surface area contributed by atoms with E-state index in [0.717, 1.165) is 12.8 Å². The molecular weight excluding hydrogens is 147 g/mol. The molecule has 3 nitrogen and oxygen atoms in total. The van der Waals surface area contributed by atoms with Gasteiger partial charge in [0.25, 0.3) is 0 Å². The van der Waals surface area contributed by atoms with Gasteiger partial charge in [0, 0.05) is 0 Å². The highest BCUT2D eigenvalue weighted by atomic mass is 19.1. The van der Waals surface area contributed by atoms with E-state index in [9.17, 15) is 4.39 Å². The van der Waals surface area contributed by atoms with Crippen LogP contribution in [0.25, 0.3) is 0 Å². The van der Waals surface area contributed by atoms with Crippen molar-refractivity contribution in [2.24, 2.45) is 5.73 Å². The number of aromatic nitrogens is 1. The minimum atomic E-state index is -0.584. The zero-order valence-corrected chi connectivity index (χ0v) is 6.01. The Morgan fingerprint density at radius 2 is 2.45 bits per heavy atom. The Kier molecular flexibility index (Phi) is 1.26.